The predicted octanol–water partition coefficient (Wildman–Crippen LogP) is 5.45. The number of methoxy groups -OCH3 is 1. The lowest BCUT2D eigenvalue weighted by Crippen LogP contribution is -2.13. The van der Waals surface area contributed by atoms with E-state index in [0.29, 0.717) is 38.9 Å². The molecular weight excluding hydrogens is 432 g/mol. The quantitative estimate of drug-likeness (QED) is 0.451. The molecule has 0 aliphatic carbocycles. The molecule has 27 heavy (non-hydrogen) atoms. The Morgan fingerprint density at radius 3 is 2.59 bits per heavy atom. The van der Waals surface area contributed by atoms with Crippen LogP contribution in [0.4, 0.5) is 5.69 Å². The highest BCUT2D eigenvalue weighted by Gasteiger charge is 2.13. The van der Waals surface area contributed by atoms with Gasteiger partial charge in [0.25, 0.3) is 5.91 Å². The Kier molecular flexibility index (Phi) is 7.71. The summed E-state index contributed by atoms with van der Waals surface area (Å²) in [6.45, 7) is 2.57. The molecule has 2 aromatic rings. The van der Waals surface area contributed by atoms with Gasteiger partial charge in [0.2, 0.25) is 0 Å². The van der Waals surface area contributed by atoms with E-state index in [1.807, 2.05) is 13.0 Å². The summed E-state index contributed by atoms with van der Waals surface area (Å²) in [5.41, 5.74) is 1.12. The number of rotatable bonds is 7. The van der Waals surface area contributed by atoms with Gasteiger partial charge in [0, 0.05) is 15.2 Å². The Hall–Kier alpha value is -2.49. The summed E-state index contributed by atoms with van der Waals surface area (Å²) in [5.74, 6) is 0.595. The summed E-state index contributed by atoms with van der Waals surface area (Å²) in [6, 6.07) is 12.0. The van der Waals surface area contributed by atoms with Crippen molar-refractivity contribution < 1.29 is 14.3 Å². The second-order valence-corrected chi connectivity index (χ2v) is 6.79. The third-order valence-corrected chi connectivity index (χ3v) is 4.45. The largest absolute Gasteiger partial charge is 0.493 e. The van der Waals surface area contributed by atoms with Gasteiger partial charge in [0.05, 0.1) is 13.7 Å². The van der Waals surface area contributed by atoms with E-state index in [1.54, 1.807) is 36.4 Å². The maximum Gasteiger partial charge on any atom is 0.266 e. The van der Waals surface area contributed by atoms with Gasteiger partial charge in [0.15, 0.2) is 11.5 Å². The molecule has 1 N–H and O–H groups in total. The number of nitriles is 1. The highest BCUT2D eigenvalue weighted by Crippen LogP contribution is 2.34. The van der Waals surface area contributed by atoms with Crippen LogP contribution in [0.3, 0.4) is 0 Å². The summed E-state index contributed by atoms with van der Waals surface area (Å²) in [6.07, 6.45) is 2.35. The molecular formula is C20H18BrClN2O3. The van der Waals surface area contributed by atoms with Crippen molar-refractivity contribution in [2.75, 3.05) is 19.0 Å². The molecule has 0 heterocycles. The van der Waals surface area contributed by atoms with Gasteiger partial charge >= 0.3 is 0 Å². The first-order chi connectivity index (χ1) is 13.0. The minimum atomic E-state index is -0.517. The maximum atomic E-state index is 12.4. The SMILES string of the molecule is CCCOc1cc(Br)c(/C=C(/C#N)C(=O)Nc2ccc(Cl)cc2)cc1OC. The first-order valence-corrected chi connectivity index (χ1v) is 9.34. The molecule has 1 amide bonds. The number of carbonyl (C=O) groups is 1. The van der Waals surface area contributed by atoms with E-state index < -0.39 is 5.91 Å². The van der Waals surface area contributed by atoms with Crippen molar-refractivity contribution in [2.45, 2.75) is 13.3 Å². The van der Waals surface area contributed by atoms with Crippen molar-refractivity contribution in [1.82, 2.24) is 0 Å². The van der Waals surface area contributed by atoms with Crippen molar-refractivity contribution in [3.63, 3.8) is 0 Å². The Morgan fingerprint density at radius 2 is 2.00 bits per heavy atom. The summed E-state index contributed by atoms with van der Waals surface area (Å²) in [5, 5.41) is 12.6. The fourth-order valence-corrected chi connectivity index (χ4v) is 2.74. The molecule has 2 aromatic carbocycles. The molecule has 140 valence electrons. The zero-order valence-electron chi connectivity index (χ0n) is 14.9. The minimum Gasteiger partial charge on any atom is -0.493 e. The predicted molar refractivity (Wildman–Crippen MR) is 110 cm³/mol. The van der Waals surface area contributed by atoms with E-state index in [-0.39, 0.29) is 5.57 Å². The molecule has 2 rings (SSSR count). The molecule has 0 fully saturated rings. The molecule has 0 unspecified atom stereocenters. The van der Waals surface area contributed by atoms with Crippen molar-refractivity contribution in [2.24, 2.45) is 0 Å². The number of anilines is 1. The number of ether oxygens (including phenoxy) is 2. The number of hydrogen-bond acceptors (Lipinski definition) is 4. The van der Waals surface area contributed by atoms with Gasteiger partial charge in [0.1, 0.15) is 11.6 Å². The Balaban J connectivity index is 2.29. The molecule has 0 saturated carbocycles. The molecule has 0 saturated heterocycles. The number of nitrogens with zero attached hydrogens (tertiary/aromatic N) is 1. The fraction of sp³-hybridized carbons (Fsp3) is 0.200. The van der Waals surface area contributed by atoms with Crippen LogP contribution in [0.25, 0.3) is 6.08 Å². The van der Waals surface area contributed by atoms with Crippen molar-refractivity contribution in [1.29, 1.82) is 5.26 Å². The van der Waals surface area contributed by atoms with Gasteiger partial charge in [-0.3, -0.25) is 4.79 Å². The summed E-state index contributed by atoms with van der Waals surface area (Å²) < 4.78 is 11.7. The van der Waals surface area contributed by atoms with Crippen LogP contribution >= 0.6 is 27.5 Å². The van der Waals surface area contributed by atoms with Gasteiger partial charge in [-0.1, -0.05) is 34.5 Å². The summed E-state index contributed by atoms with van der Waals surface area (Å²) in [4.78, 5) is 12.4. The van der Waals surface area contributed by atoms with Gasteiger partial charge in [-0.05, 0) is 54.5 Å². The lowest BCUT2D eigenvalue weighted by Gasteiger charge is -2.12. The second-order valence-electron chi connectivity index (χ2n) is 5.50. The second kappa shape index (κ2) is 10.0. The van der Waals surface area contributed by atoms with Gasteiger partial charge < -0.3 is 14.8 Å². The molecule has 0 radical (unpaired) electrons. The van der Waals surface area contributed by atoms with Crippen molar-refractivity contribution in [3.8, 4) is 17.6 Å². The van der Waals surface area contributed by atoms with Gasteiger partial charge in [-0.25, -0.2) is 0 Å². The summed E-state index contributed by atoms with van der Waals surface area (Å²) >= 11 is 9.28. The van der Waals surface area contributed by atoms with E-state index in [0.717, 1.165) is 6.42 Å². The summed E-state index contributed by atoms with van der Waals surface area (Å²) in [7, 11) is 1.54. The third kappa shape index (κ3) is 5.75. The van der Waals surface area contributed by atoms with Crippen LogP contribution in [0.15, 0.2) is 46.4 Å². The van der Waals surface area contributed by atoms with E-state index in [4.69, 9.17) is 21.1 Å². The first kappa shape index (κ1) is 20.8. The van der Waals surface area contributed by atoms with Crippen LogP contribution in [0.2, 0.25) is 5.02 Å². The van der Waals surface area contributed by atoms with Crippen LogP contribution in [-0.2, 0) is 4.79 Å². The molecule has 5 nitrogen and oxygen atoms in total. The monoisotopic (exact) mass is 448 g/mol. The normalized spacial score (nSPS) is 10.9. The van der Waals surface area contributed by atoms with Crippen LogP contribution in [0.5, 0.6) is 11.5 Å². The van der Waals surface area contributed by atoms with E-state index in [9.17, 15) is 10.1 Å². The standard InChI is InChI=1S/C20H18BrClN2O3/c1-3-8-27-19-11-17(21)13(10-18(19)26-2)9-14(12-23)20(25)24-16-6-4-15(22)5-7-16/h4-7,9-11H,3,8H2,1-2H3,(H,24,25)/b14-9-. The van der Waals surface area contributed by atoms with Crippen molar-refractivity contribution >= 4 is 45.2 Å². The zero-order chi connectivity index (χ0) is 19.8. The highest BCUT2D eigenvalue weighted by molar-refractivity contribution is 9.10. The van der Waals surface area contributed by atoms with E-state index in [2.05, 4.69) is 21.2 Å². The van der Waals surface area contributed by atoms with Crippen LogP contribution in [-0.4, -0.2) is 19.6 Å². The van der Waals surface area contributed by atoms with Crippen LogP contribution in [0.1, 0.15) is 18.9 Å². The maximum absolute atomic E-state index is 12.4. The molecule has 0 bridgehead atoms. The highest BCUT2D eigenvalue weighted by atomic mass is 79.9. The topological polar surface area (TPSA) is 71.3 Å². The fourth-order valence-electron chi connectivity index (χ4n) is 2.18. The van der Waals surface area contributed by atoms with Crippen molar-refractivity contribution in [3.05, 3.63) is 57.0 Å². The zero-order valence-corrected chi connectivity index (χ0v) is 17.2. The van der Waals surface area contributed by atoms with Gasteiger partial charge in [-0.15, -0.1) is 0 Å². The minimum absolute atomic E-state index is 0.0464. The molecule has 0 atom stereocenters. The van der Waals surface area contributed by atoms with Gasteiger partial charge in [-0.2, -0.15) is 5.26 Å². The molecule has 0 aliphatic heterocycles. The third-order valence-electron chi connectivity index (χ3n) is 3.51. The Bertz CT molecular complexity index is 889. The Morgan fingerprint density at radius 1 is 1.30 bits per heavy atom. The van der Waals surface area contributed by atoms with E-state index in [1.165, 1.54) is 13.2 Å². The van der Waals surface area contributed by atoms with Crippen LogP contribution in [0, 0.1) is 11.3 Å². The number of amides is 1. The lowest BCUT2D eigenvalue weighted by atomic mass is 10.1. The lowest BCUT2D eigenvalue weighted by molar-refractivity contribution is -0.112. The number of carbonyl (C=O) groups excluding carboxylic acids is 1. The number of hydrogen-bond donors (Lipinski definition) is 1. The number of benzene rings is 2. The average Bonchev–Trinajstić information content (AvgIpc) is 2.67. The number of nitrogens with one attached hydrogen (secondary N) is 1. The van der Waals surface area contributed by atoms with E-state index >= 15 is 0 Å². The molecule has 0 spiro atoms. The molecule has 0 aliphatic rings. The Labute approximate surface area is 171 Å². The number of halogens is 2. The molecule has 7 heteroatoms. The van der Waals surface area contributed by atoms with Crippen LogP contribution < -0.4 is 14.8 Å². The average molecular weight is 450 g/mol. The molecule has 0 aromatic heterocycles. The first-order valence-electron chi connectivity index (χ1n) is 8.17. The smallest absolute Gasteiger partial charge is 0.266 e.